The summed E-state index contributed by atoms with van der Waals surface area (Å²) >= 11 is 0. The molecule has 1 aliphatic carbocycles. The Hall–Kier alpha value is -4.32. The molecule has 0 spiro atoms. The molecule has 0 aromatic carbocycles. The maximum Gasteiger partial charge on any atom is 2.00 e. The molecule has 268 valence electrons. The Kier molecular flexibility index (Phi) is 11.8. The molecular formula is C41H45MgN5O5-2. The van der Waals surface area contributed by atoms with E-state index < -0.39 is 17.7 Å². The Labute approximate surface area is 320 Å². The van der Waals surface area contributed by atoms with Gasteiger partial charge in [0.15, 0.2) is 5.78 Å². The number of allylic oxidation sites excluding steroid dienone is 3. The van der Waals surface area contributed by atoms with Crippen LogP contribution < -0.4 is 31.4 Å². The van der Waals surface area contributed by atoms with Gasteiger partial charge in [0.2, 0.25) is 0 Å². The summed E-state index contributed by atoms with van der Waals surface area (Å²) in [6.45, 7) is 18.0. The number of ether oxygens (including phenoxy) is 2. The molecule has 8 bridgehead atoms. The van der Waals surface area contributed by atoms with E-state index in [2.05, 4.69) is 20.4 Å². The number of ketones is 1. The number of hydrogen-bond acceptors (Lipinski definition) is 6. The zero-order chi connectivity index (χ0) is 36.7. The predicted molar refractivity (Wildman–Crippen MR) is 203 cm³/mol. The van der Waals surface area contributed by atoms with Gasteiger partial charge < -0.3 is 29.7 Å². The molecule has 0 unspecified atom stereocenters. The molecule has 0 radical (unpaired) electrons. The van der Waals surface area contributed by atoms with Crippen molar-refractivity contribution >= 4 is 70.7 Å². The van der Waals surface area contributed by atoms with E-state index in [9.17, 15) is 14.4 Å². The van der Waals surface area contributed by atoms with Crippen molar-refractivity contribution in [3.05, 3.63) is 102 Å². The Bertz CT molecular complexity index is 2170. The van der Waals surface area contributed by atoms with Crippen LogP contribution in [0.4, 0.5) is 0 Å². The number of hydrogen-bond donors (Lipinski definition) is 1. The average molecular weight is 712 g/mol. The molecule has 1 saturated heterocycles. The van der Waals surface area contributed by atoms with Crippen LogP contribution in [-0.2, 0) is 25.5 Å². The van der Waals surface area contributed by atoms with Crippen LogP contribution in [0.1, 0.15) is 108 Å². The van der Waals surface area contributed by atoms with E-state index in [-0.39, 0.29) is 60.6 Å². The second-order valence-corrected chi connectivity index (χ2v) is 13.5. The first-order valence-corrected chi connectivity index (χ1v) is 17.7. The summed E-state index contributed by atoms with van der Waals surface area (Å²) in [4.78, 5) is 55.9. The van der Waals surface area contributed by atoms with Gasteiger partial charge in [0.25, 0.3) is 0 Å². The topological polar surface area (TPSA) is 152 Å². The molecule has 11 heteroatoms. The molecule has 10 nitrogen and oxygen atoms in total. The number of nitrogens with two attached hydrogens (primary N) is 1. The van der Waals surface area contributed by atoms with Crippen molar-refractivity contribution in [2.75, 3.05) is 13.3 Å². The van der Waals surface area contributed by atoms with Gasteiger partial charge in [-0.1, -0.05) is 85.1 Å². The standard InChI is InChI=1S/C41H46N5O5.Mg/c1-9-20(4)14-15-50-34(47)13-12-27-23(7)30-16-28-21(5)25(10-2)32(43-28)17-29-22(6)26(11-3)33(44-29)18-31-24(8)35-39(46-31)36(38(27)45-30)37(40(35)48)41(49)51-19-42;/h10,14,16-18,23,27,37H,2,9,11-13,15,19,42H2,1,3-8H3,(H-,45,46,48);/q-3;+2/p-1/b20-14+,29-17-,30-16-,33-18-;/t23-,27-,37+;/m0./s1. The van der Waals surface area contributed by atoms with Crippen LogP contribution in [0.3, 0.4) is 0 Å². The molecule has 0 amide bonds. The minimum absolute atomic E-state index is 0. The number of Topliss-reactive ketones (excluding diaryl/α,β-unsaturated/α-hetero) is 1. The van der Waals surface area contributed by atoms with Gasteiger partial charge in [0, 0.05) is 12.0 Å². The zero-order valence-electron chi connectivity index (χ0n) is 31.2. The largest absolute Gasteiger partial charge is 2.00 e. The Morgan fingerprint density at radius 2 is 1.67 bits per heavy atom. The summed E-state index contributed by atoms with van der Waals surface area (Å²) in [6.07, 6.45) is 11.7. The van der Waals surface area contributed by atoms with Gasteiger partial charge in [-0.15, -0.1) is 33.5 Å². The molecule has 2 N–H and O–H groups in total. The second-order valence-electron chi connectivity index (χ2n) is 13.5. The van der Waals surface area contributed by atoms with E-state index in [4.69, 9.17) is 35.5 Å². The molecule has 2 aliphatic heterocycles. The maximum atomic E-state index is 14.3. The third-order valence-corrected chi connectivity index (χ3v) is 10.7. The van der Waals surface area contributed by atoms with E-state index in [0.29, 0.717) is 45.9 Å². The molecule has 3 aromatic heterocycles. The maximum absolute atomic E-state index is 14.3. The summed E-state index contributed by atoms with van der Waals surface area (Å²) in [5, 5.41) is 6.73. The van der Waals surface area contributed by atoms with Gasteiger partial charge in [0.05, 0.1) is 0 Å². The number of nitrogens with zero attached hydrogens (tertiary/aromatic N) is 4. The van der Waals surface area contributed by atoms with Crippen LogP contribution >= 0.6 is 0 Å². The predicted octanol–water partition coefficient (Wildman–Crippen LogP) is 4.62. The summed E-state index contributed by atoms with van der Waals surface area (Å²) in [5.41, 5.74) is 15.9. The first-order valence-electron chi connectivity index (χ1n) is 17.7. The quantitative estimate of drug-likeness (QED) is 0.104. The second kappa shape index (κ2) is 15.7. The molecule has 0 saturated carbocycles. The van der Waals surface area contributed by atoms with Crippen LogP contribution in [-0.4, -0.2) is 54.1 Å². The number of carbonyl (C=O) groups is 3. The van der Waals surface area contributed by atoms with Crippen LogP contribution in [0.25, 0.3) is 35.2 Å². The van der Waals surface area contributed by atoms with Crippen molar-refractivity contribution in [3.8, 4) is 0 Å². The van der Waals surface area contributed by atoms with Crippen LogP contribution in [0.2, 0.25) is 0 Å². The van der Waals surface area contributed by atoms with E-state index in [1.165, 1.54) is 0 Å². The van der Waals surface area contributed by atoms with Crippen LogP contribution in [0, 0.1) is 38.5 Å². The van der Waals surface area contributed by atoms with Gasteiger partial charge in [0.1, 0.15) is 19.3 Å². The first kappa shape index (κ1) is 38.9. The first-order chi connectivity index (χ1) is 24.4. The Morgan fingerprint density at radius 3 is 2.35 bits per heavy atom. The van der Waals surface area contributed by atoms with Gasteiger partial charge in [-0.05, 0) is 70.4 Å². The SMILES string of the molecule is C=Cc1c2[n-]c(c1C)/C=C1\[N-]/C(=C3\c4[n-]c(c(C)c4C(=O)[C@@H]3C(=O)OCN)/C=c3\[n-]/c(c(C)c3CC)=C\2)[C@@H](CCC(=O)OC/C=C(\C)CC)[C@@H]1C.[Mg+2]. The van der Waals surface area contributed by atoms with Crippen molar-refractivity contribution in [2.45, 2.75) is 74.1 Å². The van der Waals surface area contributed by atoms with Gasteiger partial charge >= 0.3 is 35.0 Å². The molecule has 52 heavy (non-hydrogen) atoms. The van der Waals surface area contributed by atoms with E-state index in [1.807, 2.05) is 65.0 Å². The van der Waals surface area contributed by atoms with E-state index in [0.717, 1.165) is 62.8 Å². The van der Waals surface area contributed by atoms with Gasteiger partial charge in [-0.3, -0.25) is 20.1 Å². The number of carbonyl (C=O) groups excluding carboxylic acids is 3. The fourth-order valence-electron chi connectivity index (χ4n) is 7.46. The molecule has 5 heterocycles. The Morgan fingerprint density at radius 1 is 0.962 bits per heavy atom. The van der Waals surface area contributed by atoms with Crippen molar-refractivity contribution in [1.29, 1.82) is 0 Å². The zero-order valence-corrected chi connectivity index (χ0v) is 32.6. The number of rotatable bonds is 10. The average Bonchev–Trinajstić information content (AvgIpc) is 3.84. The van der Waals surface area contributed by atoms with Crippen LogP contribution in [0.5, 0.6) is 0 Å². The fraction of sp³-hybridized carbons (Fsp3) is 0.390. The number of esters is 2. The number of aromatic nitrogens is 3. The minimum Gasteiger partial charge on any atom is -0.664 e. The van der Waals surface area contributed by atoms with Gasteiger partial charge in [-0.25, -0.2) is 0 Å². The van der Waals surface area contributed by atoms with Gasteiger partial charge in [-0.2, -0.15) is 11.4 Å². The minimum atomic E-state index is -1.29. The molecule has 3 aromatic rings. The molecule has 6 rings (SSSR count). The molecule has 3 aliphatic rings. The third-order valence-electron chi connectivity index (χ3n) is 10.7. The molecule has 3 atom stereocenters. The van der Waals surface area contributed by atoms with E-state index >= 15 is 0 Å². The summed E-state index contributed by atoms with van der Waals surface area (Å²) in [7, 11) is 0. The van der Waals surface area contributed by atoms with Crippen molar-refractivity contribution in [1.82, 2.24) is 15.0 Å². The third kappa shape index (κ3) is 6.81. The molecule has 1 fully saturated rings. The summed E-state index contributed by atoms with van der Waals surface area (Å²) in [6, 6.07) is 0. The summed E-state index contributed by atoms with van der Waals surface area (Å²) in [5.74, 6) is -3.32. The summed E-state index contributed by atoms with van der Waals surface area (Å²) < 4.78 is 10.8. The fourth-order valence-corrected chi connectivity index (χ4v) is 7.46. The van der Waals surface area contributed by atoms with E-state index in [1.54, 1.807) is 0 Å². The molecular weight excluding hydrogens is 667 g/mol. The van der Waals surface area contributed by atoms with Crippen molar-refractivity contribution < 1.29 is 23.9 Å². The monoisotopic (exact) mass is 711 g/mol. The number of fused-ring (bicyclic) bond motifs is 7. The Balaban J connectivity index is 0.00000523. The van der Waals surface area contributed by atoms with Crippen molar-refractivity contribution in [3.63, 3.8) is 0 Å². The van der Waals surface area contributed by atoms with Crippen LogP contribution in [0.15, 0.2) is 29.6 Å². The smallest absolute Gasteiger partial charge is 0.664 e. The van der Waals surface area contributed by atoms with Crippen molar-refractivity contribution in [2.24, 2.45) is 23.5 Å². The normalized spacial score (nSPS) is 22.7.